The van der Waals surface area contributed by atoms with Gasteiger partial charge in [-0.25, -0.2) is 9.97 Å². The van der Waals surface area contributed by atoms with E-state index in [1.54, 1.807) is 12.4 Å². The Labute approximate surface area is 119 Å². The lowest BCUT2D eigenvalue weighted by atomic mass is 10.2. The number of hydrogen-bond donors (Lipinski definition) is 2. The van der Waals surface area contributed by atoms with E-state index in [2.05, 4.69) is 24.9 Å². The molecule has 2 aromatic heterocycles. The van der Waals surface area contributed by atoms with Crippen LogP contribution < -0.4 is 5.73 Å². The topological polar surface area (TPSA) is 93.4 Å². The molecule has 3 rings (SSSR count). The van der Waals surface area contributed by atoms with Crippen LogP contribution in [0.15, 0.2) is 47.9 Å². The third kappa shape index (κ3) is 2.94. The van der Waals surface area contributed by atoms with Crippen molar-refractivity contribution < 1.29 is 0 Å². The third-order valence-electron chi connectivity index (χ3n) is 2.56. The number of nitrogens with zero attached hydrogens (tertiary/aromatic N) is 4. The highest BCUT2D eigenvalue weighted by molar-refractivity contribution is 7.98. The summed E-state index contributed by atoms with van der Waals surface area (Å²) in [6.45, 7) is 0. The predicted octanol–water partition coefficient (Wildman–Crippen LogP) is 2.14. The Morgan fingerprint density at radius 1 is 1.10 bits per heavy atom. The molecule has 0 amide bonds. The first-order valence-corrected chi connectivity index (χ1v) is 6.98. The maximum Gasteiger partial charge on any atom is 0.224 e. The number of aromatic nitrogens is 5. The number of anilines is 1. The van der Waals surface area contributed by atoms with E-state index in [0.717, 1.165) is 11.4 Å². The summed E-state index contributed by atoms with van der Waals surface area (Å²) < 4.78 is 0. The van der Waals surface area contributed by atoms with Gasteiger partial charge in [0.25, 0.3) is 0 Å². The Kier molecular flexibility index (Phi) is 3.60. The van der Waals surface area contributed by atoms with E-state index in [1.165, 1.54) is 11.8 Å². The molecule has 20 heavy (non-hydrogen) atoms. The van der Waals surface area contributed by atoms with Crippen LogP contribution in [0.5, 0.6) is 0 Å². The summed E-state index contributed by atoms with van der Waals surface area (Å²) in [5.74, 6) is 2.33. The van der Waals surface area contributed by atoms with Crippen molar-refractivity contribution in [2.24, 2.45) is 0 Å². The lowest BCUT2D eigenvalue weighted by Gasteiger charge is -2.04. The van der Waals surface area contributed by atoms with Crippen molar-refractivity contribution in [2.75, 3.05) is 5.73 Å². The Morgan fingerprint density at radius 2 is 1.95 bits per heavy atom. The van der Waals surface area contributed by atoms with Gasteiger partial charge in [-0.05, 0) is 0 Å². The van der Waals surface area contributed by atoms with Crippen LogP contribution >= 0.6 is 11.8 Å². The van der Waals surface area contributed by atoms with Crippen LogP contribution in [0, 0.1) is 0 Å². The molecule has 0 aliphatic rings. The van der Waals surface area contributed by atoms with Crippen molar-refractivity contribution in [3.63, 3.8) is 0 Å². The van der Waals surface area contributed by atoms with E-state index in [0.29, 0.717) is 16.7 Å². The third-order valence-corrected chi connectivity index (χ3v) is 3.42. The minimum atomic E-state index is 0.223. The molecule has 0 unspecified atom stereocenters. The van der Waals surface area contributed by atoms with Crippen LogP contribution in [0.3, 0.4) is 0 Å². The first-order chi connectivity index (χ1) is 9.81. The number of aromatic amines is 1. The number of H-pyrrole nitrogens is 1. The van der Waals surface area contributed by atoms with Crippen LogP contribution in [0.4, 0.5) is 5.95 Å². The van der Waals surface area contributed by atoms with E-state index in [-0.39, 0.29) is 5.95 Å². The number of nitrogen functional groups attached to an aromatic ring is 1. The lowest BCUT2D eigenvalue weighted by Crippen LogP contribution is -2.01. The quantitative estimate of drug-likeness (QED) is 0.713. The zero-order valence-electron chi connectivity index (χ0n) is 10.5. The Morgan fingerprint density at radius 3 is 2.70 bits per heavy atom. The van der Waals surface area contributed by atoms with E-state index in [9.17, 15) is 0 Å². The largest absolute Gasteiger partial charge is 0.368 e. The van der Waals surface area contributed by atoms with Gasteiger partial charge in [-0.1, -0.05) is 42.1 Å². The van der Waals surface area contributed by atoms with Crippen LogP contribution in [-0.4, -0.2) is 24.9 Å². The fraction of sp³-hybridized carbons (Fsp3) is 0.0769. The second kappa shape index (κ2) is 5.70. The molecule has 0 atom stereocenters. The summed E-state index contributed by atoms with van der Waals surface area (Å²) in [5.41, 5.74) is 6.66. The van der Waals surface area contributed by atoms with Crippen molar-refractivity contribution in [3.05, 3.63) is 48.5 Å². The van der Waals surface area contributed by atoms with Crippen molar-refractivity contribution in [1.29, 1.82) is 0 Å². The van der Waals surface area contributed by atoms with E-state index in [1.807, 2.05) is 30.3 Å². The van der Waals surface area contributed by atoms with Crippen LogP contribution in [-0.2, 0) is 5.75 Å². The van der Waals surface area contributed by atoms with Crippen LogP contribution in [0.2, 0.25) is 0 Å². The average molecular weight is 284 g/mol. The molecular weight excluding hydrogens is 272 g/mol. The minimum absolute atomic E-state index is 0.223. The first-order valence-electron chi connectivity index (χ1n) is 5.99. The molecule has 0 saturated carbocycles. The summed E-state index contributed by atoms with van der Waals surface area (Å²) in [6, 6.07) is 9.70. The highest BCUT2D eigenvalue weighted by Gasteiger charge is 2.07. The van der Waals surface area contributed by atoms with Gasteiger partial charge < -0.3 is 10.7 Å². The van der Waals surface area contributed by atoms with Crippen molar-refractivity contribution >= 4 is 17.7 Å². The number of nitrogens with two attached hydrogens (primary N) is 1. The minimum Gasteiger partial charge on any atom is -0.368 e. The standard InChI is InChI=1S/C13H12N6S/c14-12-17-11(9-4-2-1-3-5-9)18-13(19-12)20-8-10-15-6-7-16-10/h1-7H,8H2,(H,15,16)(H2,14,17,18,19). The molecule has 0 bridgehead atoms. The smallest absolute Gasteiger partial charge is 0.224 e. The van der Waals surface area contributed by atoms with E-state index >= 15 is 0 Å². The molecule has 0 radical (unpaired) electrons. The van der Waals surface area contributed by atoms with Gasteiger partial charge in [-0.2, -0.15) is 9.97 Å². The molecule has 2 heterocycles. The molecule has 100 valence electrons. The number of imidazole rings is 1. The van der Waals surface area contributed by atoms with E-state index in [4.69, 9.17) is 5.73 Å². The van der Waals surface area contributed by atoms with Gasteiger partial charge in [-0.15, -0.1) is 0 Å². The Hall–Kier alpha value is -2.41. The molecule has 6 nitrogen and oxygen atoms in total. The van der Waals surface area contributed by atoms with Gasteiger partial charge in [0.2, 0.25) is 5.95 Å². The molecule has 0 spiro atoms. The van der Waals surface area contributed by atoms with Crippen LogP contribution in [0.1, 0.15) is 5.82 Å². The SMILES string of the molecule is Nc1nc(SCc2ncc[nH]2)nc(-c2ccccc2)n1. The molecule has 1 aromatic carbocycles. The van der Waals surface area contributed by atoms with Gasteiger partial charge in [0.15, 0.2) is 11.0 Å². The molecule has 0 fully saturated rings. The number of hydrogen-bond acceptors (Lipinski definition) is 6. The Bertz CT molecular complexity index is 683. The summed E-state index contributed by atoms with van der Waals surface area (Å²) in [6.07, 6.45) is 3.50. The van der Waals surface area contributed by atoms with Crippen molar-refractivity contribution in [3.8, 4) is 11.4 Å². The van der Waals surface area contributed by atoms with Crippen molar-refractivity contribution in [2.45, 2.75) is 10.9 Å². The monoisotopic (exact) mass is 284 g/mol. The first kappa shape index (κ1) is 12.6. The van der Waals surface area contributed by atoms with E-state index < -0.39 is 0 Å². The molecule has 3 aromatic rings. The fourth-order valence-corrected chi connectivity index (χ4v) is 2.40. The van der Waals surface area contributed by atoms with Gasteiger partial charge in [-0.3, -0.25) is 0 Å². The molecule has 7 heteroatoms. The molecule has 0 aliphatic carbocycles. The van der Waals surface area contributed by atoms with Crippen LogP contribution in [0.25, 0.3) is 11.4 Å². The van der Waals surface area contributed by atoms with Gasteiger partial charge >= 0.3 is 0 Å². The summed E-state index contributed by atoms with van der Waals surface area (Å²) >= 11 is 1.47. The highest BCUT2D eigenvalue weighted by Crippen LogP contribution is 2.21. The zero-order chi connectivity index (χ0) is 13.8. The molecule has 3 N–H and O–H groups in total. The predicted molar refractivity (Wildman–Crippen MR) is 77.8 cm³/mol. The summed E-state index contributed by atoms with van der Waals surface area (Å²) in [7, 11) is 0. The average Bonchev–Trinajstić information content (AvgIpc) is 2.99. The molecular formula is C13H12N6S. The lowest BCUT2D eigenvalue weighted by molar-refractivity contribution is 0.922. The molecule has 0 saturated heterocycles. The maximum atomic E-state index is 5.75. The number of rotatable bonds is 4. The Balaban J connectivity index is 1.83. The number of benzene rings is 1. The highest BCUT2D eigenvalue weighted by atomic mass is 32.2. The normalized spacial score (nSPS) is 10.6. The van der Waals surface area contributed by atoms with Gasteiger partial charge in [0, 0.05) is 18.0 Å². The van der Waals surface area contributed by atoms with Gasteiger partial charge in [0.1, 0.15) is 5.82 Å². The number of nitrogens with one attached hydrogen (secondary N) is 1. The number of thioether (sulfide) groups is 1. The second-order valence-corrected chi connectivity index (χ2v) is 4.93. The fourth-order valence-electron chi connectivity index (χ4n) is 1.66. The summed E-state index contributed by atoms with van der Waals surface area (Å²) in [5, 5.41) is 0.591. The summed E-state index contributed by atoms with van der Waals surface area (Å²) in [4.78, 5) is 19.9. The van der Waals surface area contributed by atoms with Gasteiger partial charge in [0.05, 0.1) is 5.75 Å². The van der Waals surface area contributed by atoms with Crippen molar-refractivity contribution in [1.82, 2.24) is 24.9 Å². The maximum absolute atomic E-state index is 5.75. The molecule has 0 aliphatic heterocycles. The second-order valence-electron chi connectivity index (χ2n) is 3.99. The zero-order valence-corrected chi connectivity index (χ0v) is 11.3.